The quantitative estimate of drug-likeness (QED) is 0.875. The number of aliphatic hydroxyl groups excluding tert-OH is 1. The minimum Gasteiger partial charge on any atom is -0.395 e. The lowest BCUT2D eigenvalue weighted by molar-refractivity contribution is -0.115. The number of aliphatic hydroxyl groups is 1. The summed E-state index contributed by atoms with van der Waals surface area (Å²) < 4.78 is 26.2. The largest absolute Gasteiger partial charge is 0.395 e. The van der Waals surface area contributed by atoms with E-state index in [9.17, 15) is 18.7 Å². The van der Waals surface area contributed by atoms with Crippen LogP contribution >= 0.6 is 0 Å². The van der Waals surface area contributed by atoms with Gasteiger partial charge in [0.1, 0.15) is 0 Å². The zero-order chi connectivity index (χ0) is 18.0. The average Bonchev–Trinajstić information content (AvgIpc) is 3.03. The third-order valence-corrected chi connectivity index (χ3v) is 4.52. The highest BCUT2D eigenvalue weighted by atomic mass is 19.2. The van der Waals surface area contributed by atoms with E-state index in [4.69, 9.17) is 0 Å². The second-order valence-electron chi connectivity index (χ2n) is 6.35. The van der Waals surface area contributed by atoms with Crippen LogP contribution in [0.15, 0.2) is 36.4 Å². The lowest BCUT2D eigenvalue weighted by atomic mass is 10.1. The van der Waals surface area contributed by atoms with Crippen LogP contribution in [0, 0.1) is 11.6 Å². The molecule has 1 unspecified atom stereocenters. The molecule has 0 fully saturated rings. The molecule has 25 heavy (non-hydrogen) atoms. The van der Waals surface area contributed by atoms with Crippen molar-refractivity contribution in [3.8, 4) is 0 Å². The van der Waals surface area contributed by atoms with Crippen molar-refractivity contribution in [2.75, 3.05) is 11.9 Å². The topological polar surface area (TPSA) is 52.6 Å². The number of fused-ring (bicyclic) bond motifs is 1. The molecule has 1 heterocycles. The second-order valence-corrected chi connectivity index (χ2v) is 6.35. The first-order valence-corrected chi connectivity index (χ1v) is 8.17. The zero-order valence-corrected chi connectivity index (χ0v) is 13.9. The van der Waals surface area contributed by atoms with Crippen molar-refractivity contribution in [2.24, 2.45) is 0 Å². The average molecular weight is 346 g/mol. The van der Waals surface area contributed by atoms with Gasteiger partial charge in [-0.25, -0.2) is 8.78 Å². The first-order chi connectivity index (χ1) is 12.0. The molecule has 132 valence electrons. The van der Waals surface area contributed by atoms with Gasteiger partial charge in [0.2, 0.25) is 5.91 Å². The Morgan fingerprint density at radius 3 is 2.76 bits per heavy atom. The molecular formula is C19H20F2N2O2. The third-order valence-electron chi connectivity index (χ3n) is 4.52. The Bertz CT molecular complexity index is 795. The van der Waals surface area contributed by atoms with E-state index in [1.807, 2.05) is 25.1 Å². The Hall–Kier alpha value is -2.31. The van der Waals surface area contributed by atoms with Crippen molar-refractivity contribution in [1.29, 1.82) is 0 Å². The minimum atomic E-state index is -0.959. The minimum absolute atomic E-state index is 0.0301. The summed E-state index contributed by atoms with van der Waals surface area (Å²) in [7, 11) is 0. The van der Waals surface area contributed by atoms with Crippen LogP contribution in [-0.2, 0) is 24.3 Å². The van der Waals surface area contributed by atoms with Crippen molar-refractivity contribution >= 4 is 11.6 Å². The Kier molecular flexibility index (Phi) is 5.11. The highest BCUT2D eigenvalue weighted by Gasteiger charge is 2.25. The lowest BCUT2D eigenvalue weighted by Crippen LogP contribution is -2.30. The molecule has 4 nitrogen and oxygen atoms in total. The number of benzene rings is 2. The van der Waals surface area contributed by atoms with Gasteiger partial charge in [-0.15, -0.1) is 0 Å². The number of halogens is 2. The van der Waals surface area contributed by atoms with E-state index >= 15 is 0 Å². The summed E-state index contributed by atoms with van der Waals surface area (Å²) in [5, 5.41) is 12.2. The molecule has 0 radical (unpaired) electrons. The Morgan fingerprint density at radius 2 is 2.04 bits per heavy atom. The van der Waals surface area contributed by atoms with Gasteiger partial charge in [-0.2, -0.15) is 0 Å². The van der Waals surface area contributed by atoms with Crippen LogP contribution in [0.1, 0.15) is 23.6 Å². The smallest absolute Gasteiger partial charge is 0.228 e. The molecule has 0 aromatic heterocycles. The molecule has 0 saturated heterocycles. The van der Waals surface area contributed by atoms with E-state index in [-0.39, 0.29) is 25.0 Å². The number of nitrogens with zero attached hydrogens (tertiary/aromatic N) is 1. The van der Waals surface area contributed by atoms with Gasteiger partial charge >= 0.3 is 0 Å². The van der Waals surface area contributed by atoms with Crippen molar-refractivity contribution in [1.82, 2.24) is 4.90 Å². The number of amides is 1. The van der Waals surface area contributed by atoms with Gasteiger partial charge in [0, 0.05) is 24.8 Å². The fourth-order valence-corrected chi connectivity index (χ4v) is 3.02. The highest BCUT2D eigenvalue weighted by molar-refractivity contribution is 5.93. The maximum Gasteiger partial charge on any atom is 0.228 e. The number of nitrogens with one attached hydrogen (secondary N) is 1. The number of hydrogen-bond acceptors (Lipinski definition) is 3. The first-order valence-electron chi connectivity index (χ1n) is 8.17. The predicted molar refractivity (Wildman–Crippen MR) is 90.9 cm³/mol. The summed E-state index contributed by atoms with van der Waals surface area (Å²) in [6.45, 7) is 3.40. The number of anilines is 1. The van der Waals surface area contributed by atoms with Gasteiger partial charge in [0.25, 0.3) is 0 Å². The van der Waals surface area contributed by atoms with Crippen molar-refractivity contribution in [3.63, 3.8) is 0 Å². The maximum atomic E-state index is 13.3. The molecule has 2 aromatic carbocycles. The van der Waals surface area contributed by atoms with Crippen LogP contribution in [0.4, 0.5) is 14.5 Å². The molecule has 1 aliphatic rings. The number of carbonyl (C=O) groups is 1. The SMILES string of the molecule is CC(CO)N1Cc2cccc(NC(=O)Cc3ccc(F)c(F)c3)c2C1. The molecule has 3 rings (SSSR count). The Labute approximate surface area is 145 Å². The monoisotopic (exact) mass is 346 g/mol. The van der Waals surface area contributed by atoms with Crippen LogP contribution < -0.4 is 5.32 Å². The molecule has 1 atom stereocenters. The molecule has 0 spiro atoms. The summed E-state index contributed by atoms with van der Waals surface area (Å²) >= 11 is 0. The van der Waals surface area contributed by atoms with E-state index in [1.54, 1.807) is 0 Å². The fraction of sp³-hybridized carbons (Fsp3) is 0.316. The molecule has 1 aliphatic heterocycles. The third kappa shape index (κ3) is 3.86. The molecule has 1 amide bonds. The molecular weight excluding hydrogens is 326 g/mol. The second kappa shape index (κ2) is 7.29. The van der Waals surface area contributed by atoms with Gasteiger partial charge in [-0.05, 0) is 41.8 Å². The van der Waals surface area contributed by atoms with Gasteiger partial charge in [0.15, 0.2) is 11.6 Å². The van der Waals surface area contributed by atoms with Crippen LogP contribution in [0.2, 0.25) is 0 Å². The van der Waals surface area contributed by atoms with Gasteiger partial charge in [0.05, 0.1) is 13.0 Å². The van der Waals surface area contributed by atoms with Crippen LogP contribution in [0.3, 0.4) is 0 Å². The van der Waals surface area contributed by atoms with Gasteiger partial charge in [-0.3, -0.25) is 9.69 Å². The predicted octanol–water partition coefficient (Wildman–Crippen LogP) is 2.84. The van der Waals surface area contributed by atoms with Crippen LogP contribution in [0.25, 0.3) is 0 Å². The molecule has 2 N–H and O–H groups in total. The van der Waals surface area contributed by atoms with Crippen molar-refractivity contribution in [3.05, 3.63) is 64.7 Å². The normalized spacial score (nSPS) is 15.0. The van der Waals surface area contributed by atoms with E-state index in [1.165, 1.54) is 6.07 Å². The van der Waals surface area contributed by atoms with Crippen molar-refractivity contribution < 1.29 is 18.7 Å². The fourth-order valence-electron chi connectivity index (χ4n) is 3.02. The summed E-state index contributed by atoms with van der Waals surface area (Å²) in [4.78, 5) is 14.4. The Morgan fingerprint density at radius 1 is 1.24 bits per heavy atom. The molecule has 2 aromatic rings. The van der Waals surface area contributed by atoms with E-state index in [0.29, 0.717) is 12.1 Å². The molecule has 6 heteroatoms. The van der Waals surface area contributed by atoms with Gasteiger partial charge < -0.3 is 10.4 Å². The number of hydrogen-bond donors (Lipinski definition) is 2. The van der Waals surface area contributed by atoms with E-state index in [0.717, 1.165) is 35.5 Å². The summed E-state index contributed by atoms with van der Waals surface area (Å²) in [5.41, 5.74) is 3.28. The Balaban J connectivity index is 1.71. The summed E-state index contributed by atoms with van der Waals surface area (Å²) in [5.74, 6) is -2.17. The van der Waals surface area contributed by atoms with Gasteiger partial charge in [-0.1, -0.05) is 18.2 Å². The standard InChI is InChI=1S/C19H20F2N2O2/c1-12(11-24)23-9-14-3-2-4-18(15(14)10-23)22-19(25)8-13-5-6-16(20)17(21)7-13/h2-7,12,24H,8-11H2,1H3,(H,22,25). The van der Waals surface area contributed by atoms with Crippen LogP contribution in [0.5, 0.6) is 0 Å². The lowest BCUT2D eigenvalue weighted by Gasteiger charge is -2.21. The summed E-state index contributed by atoms with van der Waals surface area (Å²) in [6.07, 6.45) is -0.0301. The van der Waals surface area contributed by atoms with Crippen LogP contribution in [-0.4, -0.2) is 28.6 Å². The van der Waals surface area contributed by atoms with Crippen molar-refractivity contribution in [2.45, 2.75) is 32.5 Å². The van der Waals surface area contributed by atoms with E-state index in [2.05, 4.69) is 10.2 Å². The first kappa shape index (κ1) is 17.5. The van der Waals surface area contributed by atoms with E-state index < -0.39 is 11.6 Å². The molecule has 0 bridgehead atoms. The maximum absolute atomic E-state index is 13.3. The molecule has 0 aliphatic carbocycles. The molecule has 0 saturated carbocycles. The number of rotatable bonds is 5. The highest BCUT2D eigenvalue weighted by Crippen LogP contribution is 2.30. The number of carbonyl (C=O) groups excluding carboxylic acids is 1. The zero-order valence-electron chi connectivity index (χ0n) is 13.9. The summed E-state index contributed by atoms with van der Waals surface area (Å²) in [6, 6.07) is 9.20.